The summed E-state index contributed by atoms with van der Waals surface area (Å²) in [5.41, 5.74) is 0. The Labute approximate surface area is 129 Å². The van der Waals surface area contributed by atoms with Gasteiger partial charge in [-0.1, -0.05) is 25.1 Å². The fourth-order valence-electron chi connectivity index (χ4n) is 2.64. The molecule has 2 saturated heterocycles. The summed E-state index contributed by atoms with van der Waals surface area (Å²) in [6.07, 6.45) is -0.849. The molecule has 22 heavy (non-hydrogen) atoms. The summed E-state index contributed by atoms with van der Waals surface area (Å²) in [4.78, 5) is 11.0. The Bertz CT molecular complexity index is 510. The van der Waals surface area contributed by atoms with Crippen LogP contribution in [0.25, 0.3) is 0 Å². The van der Waals surface area contributed by atoms with Gasteiger partial charge in [0.2, 0.25) is 6.29 Å². The first-order valence-electron chi connectivity index (χ1n) is 7.49. The van der Waals surface area contributed by atoms with Crippen LogP contribution in [-0.4, -0.2) is 44.3 Å². The van der Waals surface area contributed by atoms with E-state index in [1.807, 2.05) is 37.3 Å². The van der Waals surface area contributed by atoms with E-state index in [9.17, 15) is 4.79 Å². The summed E-state index contributed by atoms with van der Waals surface area (Å²) in [7, 11) is -0.277. The quantitative estimate of drug-likeness (QED) is 0.609. The van der Waals surface area contributed by atoms with Crippen LogP contribution in [0.3, 0.4) is 0 Å². The first-order valence-corrected chi connectivity index (χ1v) is 7.49. The summed E-state index contributed by atoms with van der Waals surface area (Å²) >= 11 is 0. The van der Waals surface area contributed by atoms with Crippen LogP contribution >= 0.6 is 0 Å². The van der Waals surface area contributed by atoms with Crippen LogP contribution in [0.15, 0.2) is 30.3 Å². The van der Waals surface area contributed by atoms with Crippen molar-refractivity contribution < 1.29 is 28.3 Å². The number of rotatable bonds is 5. The number of carbonyl (C=O) groups is 1. The topological polar surface area (TPSA) is 63.2 Å². The van der Waals surface area contributed by atoms with Crippen LogP contribution in [0.5, 0.6) is 5.75 Å². The van der Waals surface area contributed by atoms with Crippen molar-refractivity contribution in [3.63, 3.8) is 0 Å². The van der Waals surface area contributed by atoms with Gasteiger partial charge in [-0.25, -0.2) is 0 Å². The van der Waals surface area contributed by atoms with Crippen LogP contribution in [0.4, 0.5) is 0 Å². The molecule has 0 bridgehead atoms. The van der Waals surface area contributed by atoms with Gasteiger partial charge in [0.25, 0.3) is 0 Å². The lowest BCUT2D eigenvalue weighted by Crippen LogP contribution is -2.33. The van der Waals surface area contributed by atoms with Crippen molar-refractivity contribution in [3.05, 3.63) is 30.3 Å². The molecule has 2 aliphatic rings. The van der Waals surface area contributed by atoms with Gasteiger partial charge in [0.15, 0.2) is 0 Å². The lowest BCUT2D eigenvalue weighted by molar-refractivity contribution is -0.152. The maximum atomic E-state index is 11.0. The Balaban J connectivity index is 1.69. The first-order chi connectivity index (χ1) is 10.7. The van der Waals surface area contributed by atoms with Crippen LogP contribution < -0.4 is 4.74 Å². The van der Waals surface area contributed by atoms with Gasteiger partial charge in [0.05, 0.1) is 0 Å². The Morgan fingerprint density at radius 1 is 1.23 bits per heavy atom. The molecule has 2 fully saturated rings. The predicted octanol–water partition coefficient (Wildman–Crippen LogP) is 1.65. The molecular formula is C15H19BO6. The van der Waals surface area contributed by atoms with Crippen LogP contribution in [-0.2, 0) is 23.6 Å². The van der Waals surface area contributed by atoms with Crippen LogP contribution in [0, 0.1) is 0 Å². The van der Waals surface area contributed by atoms with Crippen molar-refractivity contribution in [3.8, 4) is 5.75 Å². The van der Waals surface area contributed by atoms with E-state index in [0.717, 1.165) is 6.32 Å². The maximum Gasteiger partial charge on any atom is 0.457 e. The largest absolute Gasteiger partial charge is 0.463 e. The second-order valence-electron chi connectivity index (χ2n) is 5.32. The molecule has 3 rings (SSSR count). The number of hydrogen-bond donors (Lipinski definition) is 0. The second kappa shape index (κ2) is 6.68. The third kappa shape index (κ3) is 3.26. The third-order valence-corrected chi connectivity index (χ3v) is 3.66. The lowest BCUT2D eigenvalue weighted by Gasteiger charge is -2.19. The van der Waals surface area contributed by atoms with E-state index in [4.69, 9.17) is 23.5 Å². The number of benzene rings is 1. The molecule has 1 aromatic rings. The van der Waals surface area contributed by atoms with Crippen LogP contribution in [0.1, 0.15) is 13.8 Å². The zero-order valence-corrected chi connectivity index (χ0v) is 12.6. The Morgan fingerprint density at radius 3 is 2.64 bits per heavy atom. The number of esters is 1. The molecular weight excluding hydrogens is 287 g/mol. The minimum absolute atomic E-state index is 0.130. The molecule has 0 spiro atoms. The first kappa shape index (κ1) is 15.3. The predicted molar refractivity (Wildman–Crippen MR) is 78.3 cm³/mol. The Kier molecular flexibility index (Phi) is 4.66. The van der Waals surface area contributed by atoms with Crippen molar-refractivity contribution >= 4 is 13.1 Å². The average Bonchev–Trinajstić information content (AvgIpc) is 3.07. The molecule has 0 radical (unpaired) electrons. The van der Waals surface area contributed by atoms with Gasteiger partial charge < -0.3 is 23.5 Å². The highest BCUT2D eigenvalue weighted by Gasteiger charge is 2.54. The Morgan fingerprint density at radius 2 is 1.95 bits per heavy atom. The van der Waals surface area contributed by atoms with Gasteiger partial charge in [-0.15, -0.1) is 0 Å². The normalized spacial score (nSPS) is 30.2. The zero-order valence-electron chi connectivity index (χ0n) is 12.6. The fraction of sp³-hybridized carbons (Fsp3) is 0.533. The van der Waals surface area contributed by atoms with E-state index in [0.29, 0.717) is 5.75 Å². The summed E-state index contributed by atoms with van der Waals surface area (Å²) in [6.45, 7) is 3.48. The highest BCUT2D eigenvalue weighted by atomic mass is 16.8. The zero-order chi connectivity index (χ0) is 15.5. The number of para-hydroxylation sites is 1. The van der Waals surface area contributed by atoms with Gasteiger partial charge in [0, 0.05) is 6.92 Å². The standard InChI is InChI=1S/C15H19BO6/c1-3-16-21-13-12(9-18-10(2)17)20-15(14(13)22-16)19-11-7-5-4-6-8-11/h4-8,12-15H,3,9H2,1-2H3. The summed E-state index contributed by atoms with van der Waals surface area (Å²) in [5, 5.41) is 0. The SMILES string of the molecule is CCB1OC2C(COC(C)=O)OC(Oc3ccccc3)C2O1. The van der Waals surface area contributed by atoms with Crippen molar-refractivity contribution in [1.29, 1.82) is 0 Å². The van der Waals surface area contributed by atoms with Gasteiger partial charge in [0.1, 0.15) is 30.7 Å². The molecule has 4 atom stereocenters. The van der Waals surface area contributed by atoms with Crippen molar-refractivity contribution in [2.24, 2.45) is 0 Å². The van der Waals surface area contributed by atoms with E-state index in [1.54, 1.807) is 0 Å². The molecule has 118 valence electrons. The number of carbonyl (C=O) groups excluding carboxylic acids is 1. The van der Waals surface area contributed by atoms with E-state index >= 15 is 0 Å². The summed E-state index contributed by atoms with van der Waals surface area (Å²) in [5.74, 6) is 0.349. The summed E-state index contributed by atoms with van der Waals surface area (Å²) < 4.78 is 28.4. The highest BCUT2D eigenvalue weighted by molar-refractivity contribution is 6.45. The molecule has 0 aliphatic carbocycles. The smallest absolute Gasteiger partial charge is 0.457 e. The monoisotopic (exact) mass is 306 g/mol. The number of ether oxygens (including phenoxy) is 3. The molecule has 1 aromatic carbocycles. The molecule has 7 heteroatoms. The van der Waals surface area contributed by atoms with E-state index in [1.165, 1.54) is 6.92 Å². The Hall–Kier alpha value is -1.57. The second-order valence-corrected chi connectivity index (χ2v) is 5.32. The maximum absolute atomic E-state index is 11.0. The van der Waals surface area contributed by atoms with Gasteiger partial charge in [-0.3, -0.25) is 4.79 Å². The number of hydrogen-bond acceptors (Lipinski definition) is 6. The summed E-state index contributed by atoms with van der Waals surface area (Å²) in [6, 6.07) is 9.39. The minimum atomic E-state index is -0.579. The number of fused-ring (bicyclic) bond motifs is 1. The van der Waals surface area contributed by atoms with E-state index in [-0.39, 0.29) is 38.0 Å². The third-order valence-electron chi connectivity index (χ3n) is 3.66. The molecule has 0 N–H and O–H groups in total. The molecule has 0 aromatic heterocycles. The van der Waals surface area contributed by atoms with Crippen LogP contribution in [0.2, 0.25) is 6.32 Å². The van der Waals surface area contributed by atoms with Gasteiger partial charge in [-0.05, 0) is 18.5 Å². The molecule has 0 saturated carbocycles. The van der Waals surface area contributed by atoms with Crippen molar-refractivity contribution in [2.45, 2.75) is 44.8 Å². The van der Waals surface area contributed by atoms with E-state index < -0.39 is 6.29 Å². The van der Waals surface area contributed by atoms with Crippen molar-refractivity contribution in [1.82, 2.24) is 0 Å². The van der Waals surface area contributed by atoms with Gasteiger partial charge >= 0.3 is 13.1 Å². The molecule has 0 amide bonds. The molecule has 6 nitrogen and oxygen atoms in total. The lowest BCUT2D eigenvalue weighted by atomic mass is 9.87. The van der Waals surface area contributed by atoms with Crippen molar-refractivity contribution in [2.75, 3.05) is 6.61 Å². The fourth-order valence-corrected chi connectivity index (χ4v) is 2.64. The molecule has 4 unspecified atom stereocenters. The molecule has 2 aliphatic heterocycles. The molecule has 2 heterocycles. The van der Waals surface area contributed by atoms with Gasteiger partial charge in [-0.2, -0.15) is 0 Å². The highest BCUT2D eigenvalue weighted by Crippen LogP contribution is 2.34. The average molecular weight is 306 g/mol. The minimum Gasteiger partial charge on any atom is -0.463 e. The van der Waals surface area contributed by atoms with E-state index in [2.05, 4.69) is 0 Å².